The van der Waals surface area contributed by atoms with Gasteiger partial charge in [0.1, 0.15) is 0 Å². The number of fused-ring (bicyclic) bond motifs is 1. The number of thiophene rings is 1. The Kier molecular flexibility index (Phi) is 1.70. The molecule has 0 N–H and O–H groups in total. The zero-order valence-electron chi connectivity index (χ0n) is 8.12. The van der Waals surface area contributed by atoms with Crippen LogP contribution in [0.3, 0.4) is 0 Å². The van der Waals surface area contributed by atoms with Crippen LogP contribution in [-0.2, 0) is 10.3 Å². The van der Waals surface area contributed by atoms with Gasteiger partial charge in [-0.1, -0.05) is 18.2 Å². The lowest BCUT2D eigenvalue weighted by Crippen LogP contribution is -2.37. The van der Waals surface area contributed by atoms with E-state index in [-0.39, 0.29) is 5.60 Å². The second-order valence-corrected chi connectivity index (χ2v) is 4.89. The first-order chi connectivity index (χ1) is 6.80. The summed E-state index contributed by atoms with van der Waals surface area (Å²) in [4.78, 5) is 0. The second kappa shape index (κ2) is 2.81. The summed E-state index contributed by atoms with van der Waals surface area (Å²) < 4.78 is 7.04. The molecule has 1 nitrogen and oxygen atoms in total. The summed E-state index contributed by atoms with van der Waals surface area (Å²) in [6.07, 6.45) is 1.15. The molecule has 3 rings (SSSR count). The normalized spacial score (nSPS) is 26.4. The summed E-state index contributed by atoms with van der Waals surface area (Å²) in [5.74, 6) is 0. The number of rotatable bonds is 1. The minimum absolute atomic E-state index is 0.0143. The Labute approximate surface area is 87.3 Å². The highest BCUT2D eigenvalue weighted by Crippen LogP contribution is 2.42. The molecular formula is C12H12OS. The van der Waals surface area contributed by atoms with Crippen LogP contribution in [0.4, 0.5) is 0 Å². The second-order valence-electron chi connectivity index (χ2n) is 3.97. The third-order valence-corrected chi connectivity index (χ3v) is 4.01. The van der Waals surface area contributed by atoms with Crippen LogP contribution in [0.25, 0.3) is 10.1 Å². The fourth-order valence-corrected chi connectivity index (χ4v) is 3.09. The van der Waals surface area contributed by atoms with Gasteiger partial charge >= 0.3 is 0 Å². The predicted octanol–water partition coefficient (Wildman–Crippen LogP) is 3.54. The lowest BCUT2D eigenvalue weighted by molar-refractivity contribution is -0.139. The first kappa shape index (κ1) is 8.45. The van der Waals surface area contributed by atoms with Gasteiger partial charge in [-0.15, -0.1) is 11.3 Å². The van der Waals surface area contributed by atoms with Crippen molar-refractivity contribution in [2.75, 3.05) is 6.61 Å². The molecule has 1 atom stereocenters. The van der Waals surface area contributed by atoms with Crippen LogP contribution in [-0.4, -0.2) is 6.61 Å². The van der Waals surface area contributed by atoms with E-state index in [0.29, 0.717) is 0 Å². The third-order valence-electron chi connectivity index (χ3n) is 3.05. The van der Waals surface area contributed by atoms with Crippen molar-refractivity contribution >= 4 is 21.4 Å². The van der Waals surface area contributed by atoms with Gasteiger partial charge in [-0.25, -0.2) is 0 Å². The van der Waals surface area contributed by atoms with E-state index in [9.17, 15) is 0 Å². The molecular weight excluding hydrogens is 192 g/mol. The fraction of sp³-hybridized carbons (Fsp3) is 0.333. The van der Waals surface area contributed by atoms with E-state index in [1.54, 1.807) is 0 Å². The van der Waals surface area contributed by atoms with Crippen LogP contribution in [0.15, 0.2) is 29.6 Å². The van der Waals surface area contributed by atoms with Crippen molar-refractivity contribution < 1.29 is 4.74 Å². The highest BCUT2D eigenvalue weighted by atomic mass is 32.1. The van der Waals surface area contributed by atoms with Crippen LogP contribution in [0.1, 0.15) is 18.9 Å². The van der Waals surface area contributed by atoms with E-state index in [1.165, 1.54) is 15.6 Å². The highest BCUT2D eigenvalue weighted by Gasteiger charge is 2.36. The average Bonchev–Trinajstić information content (AvgIpc) is 2.58. The Balaban J connectivity index is 2.22. The Bertz CT molecular complexity index is 468. The van der Waals surface area contributed by atoms with Gasteiger partial charge in [0.2, 0.25) is 0 Å². The van der Waals surface area contributed by atoms with E-state index < -0.39 is 0 Å². The van der Waals surface area contributed by atoms with Crippen molar-refractivity contribution in [2.24, 2.45) is 0 Å². The smallest absolute Gasteiger partial charge is 0.0939 e. The molecule has 1 fully saturated rings. The molecule has 1 aromatic heterocycles. The zero-order chi connectivity index (χ0) is 9.60. The van der Waals surface area contributed by atoms with E-state index >= 15 is 0 Å². The van der Waals surface area contributed by atoms with Gasteiger partial charge in [0, 0.05) is 16.7 Å². The summed E-state index contributed by atoms with van der Waals surface area (Å²) in [5, 5.41) is 3.60. The maximum absolute atomic E-state index is 5.68. The highest BCUT2D eigenvalue weighted by molar-refractivity contribution is 7.17. The minimum Gasteiger partial charge on any atom is -0.370 e. The van der Waals surface area contributed by atoms with Gasteiger partial charge in [0.05, 0.1) is 12.2 Å². The van der Waals surface area contributed by atoms with Gasteiger partial charge < -0.3 is 4.74 Å². The zero-order valence-corrected chi connectivity index (χ0v) is 8.93. The van der Waals surface area contributed by atoms with E-state index in [0.717, 1.165) is 13.0 Å². The van der Waals surface area contributed by atoms with Gasteiger partial charge in [-0.3, -0.25) is 0 Å². The molecule has 1 aliphatic heterocycles. The molecule has 1 aromatic carbocycles. The molecule has 1 saturated heterocycles. The maximum Gasteiger partial charge on any atom is 0.0939 e. The topological polar surface area (TPSA) is 9.23 Å². The minimum atomic E-state index is -0.0143. The largest absolute Gasteiger partial charge is 0.370 e. The molecule has 0 amide bonds. The van der Waals surface area contributed by atoms with Crippen LogP contribution in [0.2, 0.25) is 0 Å². The maximum atomic E-state index is 5.68. The van der Waals surface area contributed by atoms with Crippen molar-refractivity contribution in [3.63, 3.8) is 0 Å². The first-order valence-electron chi connectivity index (χ1n) is 4.90. The fourth-order valence-electron chi connectivity index (χ4n) is 2.01. The molecule has 0 radical (unpaired) electrons. The summed E-state index contributed by atoms with van der Waals surface area (Å²) in [6.45, 7) is 3.09. The van der Waals surface area contributed by atoms with Crippen LogP contribution >= 0.6 is 11.3 Å². The van der Waals surface area contributed by atoms with Gasteiger partial charge in [-0.05, 0) is 23.8 Å². The van der Waals surface area contributed by atoms with E-state index in [4.69, 9.17) is 4.74 Å². The van der Waals surface area contributed by atoms with Crippen molar-refractivity contribution in [2.45, 2.75) is 18.9 Å². The van der Waals surface area contributed by atoms with Crippen LogP contribution in [0.5, 0.6) is 0 Å². The molecule has 2 aromatic rings. The van der Waals surface area contributed by atoms with Crippen molar-refractivity contribution in [3.05, 3.63) is 35.2 Å². The van der Waals surface area contributed by atoms with Crippen LogP contribution < -0.4 is 0 Å². The van der Waals surface area contributed by atoms with Gasteiger partial charge in [-0.2, -0.15) is 0 Å². The molecule has 14 heavy (non-hydrogen) atoms. The molecule has 1 aliphatic rings. The molecule has 2 heteroatoms. The summed E-state index contributed by atoms with van der Waals surface area (Å²) >= 11 is 1.81. The van der Waals surface area contributed by atoms with Gasteiger partial charge in [0.25, 0.3) is 0 Å². The lowest BCUT2D eigenvalue weighted by Gasteiger charge is -2.38. The SMILES string of the molecule is CC1(c2csc3ccccc23)CCO1. The predicted molar refractivity (Wildman–Crippen MR) is 59.7 cm³/mol. The van der Waals surface area contributed by atoms with Crippen LogP contribution in [0, 0.1) is 0 Å². The van der Waals surface area contributed by atoms with Crippen molar-refractivity contribution in [3.8, 4) is 0 Å². The number of hydrogen-bond donors (Lipinski definition) is 0. The molecule has 2 heterocycles. The molecule has 0 spiro atoms. The summed E-state index contributed by atoms with van der Waals surface area (Å²) in [6, 6.07) is 8.55. The summed E-state index contributed by atoms with van der Waals surface area (Å²) in [5.41, 5.74) is 1.35. The molecule has 0 bridgehead atoms. The molecule has 72 valence electrons. The Hall–Kier alpha value is -0.860. The molecule has 0 aliphatic carbocycles. The Morgan fingerprint density at radius 3 is 2.86 bits per heavy atom. The quantitative estimate of drug-likeness (QED) is 0.690. The Morgan fingerprint density at radius 2 is 2.14 bits per heavy atom. The standard InChI is InChI=1S/C12H12OS/c1-12(6-7-13-12)10-8-14-11-5-3-2-4-9(10)11/h2-5,8H,6-7H2,1H3. The monoisotopic (exact) mass is 204 g/mol. The number of ether oxygens (including phenoxy) is 1. The van der Waals surface area contributed by atoms with Crippen molar-refractivity contribution in [1.29, 1.82) is 0 Å². The van der Waals surface area contributed by atoms with E-state index in [2.05, 4.69) is 36.6 Å². The average molecular weight is 204 g/mol. The Morgan fingerprint density at radius 1 is 1.36 bits per heavy atom. The number of hydrogen-bond acceptors (Lipinski definition) is 2. The van der Waals surface area contributed by atoms with E-state index in [1.807, 2.05) is 11.3 Å². The number of benzene rings is 1. The van der Waals surface area contributed by atoms with Gasteiger partial charge in [0.15, 0.2) is 0 Å². The molecule has 0 saturated carbocycles. The molecule has 1 unspecified atom stereocenters. The third kappa shape index (κ3) is 1.04. The van der Waals surface area contributed by atoms with Crippen molar-refractivity contribution in [1.82, 2.24) is 0 Å². The summed E-state index contributed by atoms with van der Waals surface area (Å²) in [7, 11) is 0. The lowest BCUT2D eigenvalue weighted by atomic mass is 9.88. The first-order valence-corrected chi connectivity index (χ1v) is 5.78.